The number of allylic oxidation sites excluding steroid dienone is 4. The zero-order chi connectivity index (χ0) is 20.9. The molecule has 0 aromatic rings. The fourth-order valence-corrected chi connectivity index (χ4v) is 20.6. The van der Waals surface area contributed by atoms with Gasteiger partial charge in [0.1, 0.15) is 0 Å². The molecule has 0 aromatic heterocycles. The van der Waals surface area contributed by atoms with Gasteiger partial charge in [0.15, 0.2) is 0 Å². The van der Waals surface area contributed by atoms with E-state index in [1.807, 2.05) is 10.7 Å². The van der Waals surface area contributed by atoms with Crippen LogP contribution >= 0.6 is 0 Å². The molecule has 0 fully saturated rings. The van der Waals surface area contributed by atoms with Crippen molar-refractivity contribution in [1.82, 2.24) is 0 Å². The predicted molar refractivity (Wildman–Crippen MR) is 132 cm³/mol. The van der Waals surface area contributed by atoms with E-state index in [-0.39, 0.29) is 0 Å². The second kappa shape index (κ2) is 20.5. The van der Waals surface area contributed by atoms with Gasteiger partial charge < -0.3 is 0 Å². The average Bonchev–Trinajstić information content (AvgIpc) is 2.72. The summed E-state index contributed by atoms with van der Waals surface area (Å²) in [5.74, 6) is 0. The van der Waals surface area contributed by atoms with E-state index in [9.17, 15) is 0 Å². The van der Waals surface area contributed by atoms with Gasteiger partial charge in [-0.15, -0.1) is 0 Å². The Morgan fingerprint density at radius 3 is 1.75 bits per heavy atom. The molecule has 0 saturated heterocycles. The maximum atomic E-state index is 5.22. The molecule has 0 aliphatic rings. The Balaban J connectivity index is 5.43. The van der Waals surface area contributed by atoms with Crippen LogP contribution in [0.1, 0.15) is 111 Å². The van der Waals surface area contributed by atoms with Crippen LogP contribution in [-0.2, 0) is 4.74 Å². The second-order valence-corrected chi connectivity index (χ2v) is 21.9. The van der Waals surface area contributed by atoms with Crippen LogP contribution in [0.25, 0.3) is 0 Å². The molecule has 0 aliphatic carbocycles. The molecular weight excluding hydrogens is 447 g/mol. The SMILES string of the molecule is CCCC/C=C/[C](=C/CCCCCOC)[Sn]([CH2]CCC)([CH2]CCC)[CH2]CCC. The van der Waals surface area contributed by atoms with Gasteiger partial charge in [0.25, 0.3) is 0 Å². The van der Waals surface area contributed by atoms with Crippen LogP contribution in [0, 0.1) is 0 Å². The molecule has 0 spiro atoms. The summed E-state index contributed by atoms with van der Waals surface area (Å²) in [6, 6.07) is 0. The summed E-state index contributed by atoms with van der Waals surface area (Å²) in [6.45, 7) is 10.4. The van der Waals surface area contributed by atoms with E-state index in [1.165, 1.54) is 83.5 Å². The summed E-state index contributed by atoms with van der Waals surface area (Å²) in [5, 5.41) is 0. The molecule has 0 unspecified atom stereocenters. The molecule has 0 bridgehead atoms. The van der Waals surface area contributed by atoms with Crippen LogP contribution < -0.4 is 0 Å². The molecule has 28 heavy (non-hydrogen) atoms. The van der Waals surface area contributed by atoms with Gasteiger partial charge in [-0.25, -0.2) is 0 Å². The van der Waals surface area contributed by atoms with Crippen molar-refractivity contribution in [3.63, 3.8) is 0 Å². The number of hydrogen-bond donors (Lipinski definition) is 0. The molecule has 1 nitrogen and oxygen atoms in total. The first-order chi connectivity index (χ1) is 13.7. The summed E-state index contributed by atoms with van der Waals surface area (Å²) >= 11 is -2.29. The Labute approximate surface area is 182 Å². The molecule has 0 N–H and O–H groups in total. The van der Waals surface area contributed by atoms with Crippen molar-refractivity contribution < 1.29 is 4.74 Å². The predicted octanol–water partition coefficient (Wildman–Crippen LogP) is 9.25. The summed E-state index contributed by atoms with van der Waals surface area (Å²) in [6.07, 6.45) is 25.3. The van der Waals surface area contributed by atoms with Gasteiger partial charge in [-0.05, 0) is 0 Å². The van der Waals surface area contributed by atoms with E-state index in [4.69, 9.17) is 4.74 Å². The van der Waals surface area contributed by atoms with Gasteiger partial charge in [0.05, 0.1) is 0 Å². The monoisotopic (exact) mass is 500 g/mol. The Hall–Kier alpha value is 0.239. The third kappa shape index (κ3) is 13.5. The van der Waals surface area contributed by atoms with Crippen LogP contribution in [0.5, 0.6) is 0 Å². The number of ether oxygens (including phenoxy) is 1. The average molecular weight is 499 g/mol. The molecule has 0 radical (unpaired) electrons. The van der Waals surface area contributed by atoms with Crippen molar-refractivity contribution in [2.45, 2.75) is 124 Å². The molecule has 166 valence electrons. The molecule has 0 saturated carbocycles. The molecule has 0 heterocycles. The summed E-state index contributed by atoms with van der Waals surface area (Å²) < 4.78 is 11.8. The Morgan fingerprint density at radius 1 is 0.679 bits per heavy atom. The van der Waals surface area contributed by atoms with Crippen molar-refractivity contribution >= 4 is 18.4 Å². The Bertz CT molecular complexity index is 364. The van der Waals surface area contributed by atoms with Gasteiger partial charge in [-0.3, -0.25) is 0 Å². The van der Waals surface area contributed by atoms with Crippen molar-refractivity contribution in [2.24, 2.45) is 0 Å². The quantitative estimate of drug-likeness (QED) is 0.0922. The molecular formula is C26H52OSn. The molecule has 0 aliphatic heterocycles. The van der Waals surface area contributed by atoms with Crippen LogP contribution in [0.2, 0.25) is 13.3 Å². The van der Waals surface area contributed by atoms with E-state index in [0.717, 1.165) is 6.61 Å². The third-order valence-electron chi connectivity index (χ3n) is 6.08. The molecule has 2 heteroatoms. The van der Waals surface area contributed by atoms with Gasteiger partial charge in [-0.1, -0.05) is 0 Å². The normalized spacial score (nSPS) is 13.0. The molecule has 0 amide bonds. The standard InChI is InChI=1S/C14H25O.3C4H9.Sn/c1-3-4-5-6-7-8-9-10-11-12-13-14-15-2;3*1-3-4-2;/h6-7,9H,3-5,10-14H2,1-2H3;3*1,3-4H2,2H3;/b7-6+,9-8?;;;;. The second-order valence-electron chi connectivity index (χ2n) is 8.64. The van der Waals surface area contributed by atoms with Crippen molar-refractivity contribution in [2.75, 3.05) is 13.7 Å². The first kappa shape index (κ1) is 28.2. The van der Waals surface area contributed by atoms with Crippen LogP contribution in [0.15, 0.2) is 21.8 Å². The summed E-state index contributed by atoms with van der Waals surface area (Å²) in [7, 11) is 1.82. The van der Waals surface area contributed by atoms with E-state index in [2.05, 4.69) is 45.9 Å². The third-order valence-corrected chi connectivity index (χ3v) is 21.9. The van der Waals surface area contributed by atoms with E-state index >= 15 is 0 Å². The van der Waals surface area contributed by atoms with E-state index in [1.54, 1.807) is 13.3 Å². The number of hydrogen-bond acceptors (Lipinski definition) is 1. The number of unbranched alkanes of at least 4 members (excludes halogenated alkanes) is 8. The Kier molecular flexibility index (Phi) is 20.7. The maximum absolute atomic E-state index is 5.22. The first-order valence-electron chi connectivity index (χ1n) is 12.6. The van der Waals surface area contributed by atoms with Crippen LogP contribution in [0.4, 0.5) is 0 Å². The first-order valence-corrected chi connectivity index (χ1v) is 20.0. The molecule has 0 rings (SSSR count). The minimum absolute atomic E-state index is 0.917. The van der Waals surface area contributed by atoms with Crippen molar-refractivity contribution in [3.05, 3.63) is 21.8 Å². The summed E-state index contributed by atoms with van der Waals surface area (Å²) in [4.78, 5) is 0. The van der Waals surface area contributed by atoms with Gasteiger partial charge in [0, 0.05) is 0 Å². The fraction of sp³-hybridized carbons (Fsp3) is 0.846. The zero-order valence-corrected chi connectivity index (χ0v) is 23.0. The van der Waals surface area contributed by atoms with Crippen molar-refractivity contribution in [3.8, 4) is 0 Å². The van der Waals surface area contributed by atoms with Gasteiger partial charge in [0.2, 0.25) is 0 Å². The molecule has 0 atom stereocenters. The van der Waals surface area contributed by atoms with E-state index in [0.29, 0.717) is 0 Å². The van der Waals surface area contributed by atoms with Gasteiger partial charge >= 0.3 is 183 Å². The minimum atomic E-state index is -2.29. The molecule has 0 aromatic carbocycles. The topological polar surface area (TPSA) is 9.23 Å². The van der Waals surface area contributed by atoms with E-state index < -0.39 is 18.4 Å². The Morgan fingerprint density at radius 2 is 1.25 bits per heavy atom. The number of methoxy groups -OCH3 is 1. The zero-order valence-electron chi connectivity index (χ0n) is 20.2. The summed E-state index contributed by atoms with van der Waals surface area (Å²) in [5.41, 5.74) is 0. The fourth-order valence-electron chi connectivity index (χ4n) is 4.17. The number of rotatable bonds is 20. The van der Waals surface area contributed by atoms with Gasteiger partial charge in [-0.2, -0.15) is 0 Å². The van der Waals surface area contributed by atoms with Crippen molar-refractivity contribution in [1.29, 1.82) is 0 Å². The van der Waals surface area contributed by atoms with Crippen LogP contribution in [0.3, 0.4) is 0 Å². The van der Waals surface area contributed by atoms with Crippen LogP contribution in [-0.4, -0.2) is 32.1 Å².